The highest BCUT2D eigenvalue weighted by Crippen LogP contribution is 2.22. The van der Waals surface area contributed by atoms with E-state index < -0.39 is 11.9 Å². The Balaban J connectivity index is 1.99. The summed E-state index contributed by atoms with van der Waals surface area (Å²) in [6.07, 6.45) is 0. The molecule has 100 valence electrons. The van der Waals surface area contributed by atoms with Crippen molar-refractivity contribution in [3.8, 4) is 10.6 Å². The van der Waals surface area contributed by atoms with Crippen LogP contribution in [0.5, 0.6) is 0 Å². The third-order valence-electron chi connectivity index (χ3n) is 2.59. The van der Waals surface area contributed by atoms with Gasteiger partial charge in [-0.3, -0.25) is 14.7 Å². The third kappa shape index (κ3) is 3.19. The smallest absolute Gasteiger partial charge is 0.308 e. The van der Waals surface area contributed by atoms with Gasteiger partial charge in [-0.05, 0) is 17.5 Å². The Morgan fingerprint density at radius 3 is 3.00 bits per heavy atom. The molecule has 7 heteroatoms. The summed E-state index contributed by atoms with van der Waals surface area (Å²) in [5, 5.41) is 19.9. The zero-order valence-corrected chi connectivity index (χ0v) is 11.0. The average Bonchev–Trinajstić information content (AvgIpc) is 3.04. The molecule has 2 aromatic rings. The second-order valence-corrected chi connectivity index (χ2v) is 5.04. The van der Waals surface area contributed by atoms with Crippen LogP contribution in [0, 0.1) is 5.92 Å². The molecule has 0 saturated carbocycles. The second kappa shape index (κ2) is 5.66. The van der Waals surface area contributed by atoms with Crippen LogP contribution >= 0.6 is 11.3 Å². The molecule has 0 aliphatic rings. The number of carbonyl (C=O) groups excluding carboxylic acids is 1. The van der Waals surface area contributed by atoms with E-state index >= 15 is 0 Å². The lowest BCUT2D eigenvalue weighted by atomic mass is 10.2. The molecule has 0 saturated heterocycles. The SMILES string of the molecule is CC(CNC(=O)c1cc(-c2cccs2)[nH]n1)C(=O)O. The number of hydrogen-bond donors (Lipinski definition) is 3. The molecule has 2 rings (SSSR count). The van der Waals surface area contributed by atoms with Crippen molar-refractivity contribution >= 4 is 23.2 Å². The molecule has 0 radical (unpaired) electrons. The van der Waals surface area contributed by atoms with Crippen LogP contribution in [0.25, 0.3) is 10.6 Å². The summed E-state index contributed by atoms with van der Waals surface area (Å²) < 4.78 is 0. The lowest BCUT2D eigenvalue weighted by Gasteiger charge is -2.06. The van der Waals surface area contributed by atoms with Crippen LogP contribution in [-0.2, 0) is 4.79 Å². The highest BCUT2D eigenvalue weighted by molar-refractivity contribution is 7.13. The van der Waals surface area contributed by atoms with E-state index in [1.807, 2.05) is 17.5 Å². The van der Waals surface area contributed by atoms with E-state index in [0.29, 0.717) is 0 Å². The summed E-state index contributed by atoms with van der Waals surface area (Å²) >= 11 is 1.54. The predicted molar refractivity (Wildman–Crippen MR) is 71.0 cm³/mol. The van der Waals surface area contributed by atoms with Crippen LogP contribution in [0.4, 0.5) is 0 Å². The van der Waals surface area contributed by atoms with Gasteiger partial charge in [0.05, 0.1) is 16.5 Å². The maximum Gasteiger partial charge on any atom is 0.308 e. The summed E-state index contributed by atoms with van der Waals surface area (Å²) in [5.41, 5.74) is 1.02. The van der Waals surface area contributed by atoms with Crippen LogP contribution < -0.4 is 5.32 Å². The van der Waals surface area contributed by atoms with Crippen molar-refractivity contribution in [2.45, 2.75) is 6.92 Å². The lowest BCUT2D eigenvalue weighted by molar-refractivity contribution is -0.140. The maximum absolute atomic E-state index is 11.8. The number of aromatic amines is 1. The van der Waals surface area contributed by atoms with Crippen LogP contribution in [0.1, 0.15) is 17.4 Å². The van der Waals surface area contributed by atoms with Gasteiger partial charge in [0.25, 0.3) is 5.91 Å². The van der Waals surface area contributed by atoms with Gasteiger partial charge in [-0.15, -0.1) is 11.3 Å². The third-order valence-corrected chi connectivity index (χ3v) is 3.49. The molecule has 6 nitrogen and oxygen atoms in total. The van der Waals surface area contributed by atoms with Crippen LogP contribution in [-0.4, -0.2) is 33.7 Å². The number of rotatable bonds is 5. The summed E-state index contributed by atoms with van der Waals surface area (Å²) in [6.45, 7) is 1.61. The molecule has 0 bridgehead atoms. The maximum atomic E-state index is 11.8. The first kappa shape index (κ1) is 13.3. The number of aromatic nitrogens is 2. The van der Waals surface area contributed by atoms with Gasteiger partial charge in [0.15, 0.2) is 5.69 Å². The molecule has 0 fully saturated rings. The highest BCUT2D eigenvalue weighted by Gasteiger charge is 2.15. The van der Waals surface area contributed by atoms with Gasteiger partial charge < -0.3 is 10.4 Å². The van der Waals surface area contributed by atoms with E-state index in [9.17, 15) is 9.59 Å². The average molecular weight is 279 g/mol. The van der Waals surface area contributed by atoms with E-state index in [4.69, 9.17) is 5.11 Å². The molecule has 0 aromatic carbocycles. The van der Waals surface area contributed by atoms with Gasteiger partial charge in [0.2, 0.25) is 0 Å². The number of hydrogen-bond acceptors (Lipinski definition) is 4. The molecule has 0 aliphatic heterocycles. The number of thiophene rings is 1. The van der Waals surface area contributed by atoms with E-state index in [2.05, 4.69) is 15.5 Å². The Labute approximate surface area is 113 Å². The molecule has 2 heterocycles. The normalized spacial score (nSPS) is 12.1. The molecule has 0 spiro atoms. The van der Waals surface area contributed by atoms with Crippen molar-refractivity contribution in [2.24, 2.45) is 5.92 Å². The van der Waals surface area contributed by atoms with Crippen molar-refractivity contribution < 1.29 is 14.7 Å². The van der Waals surface area contributed by atoms with Gasteiger partial charge in [0.1, 0.15) is 0 Å². The Morgan fingerprint density at radius 2 is 2.37 bits per heavy atom. The standard InChI is InChI=1S/C12H13N3O3S/c1-7(12(17)18)6-13-11(16)9-5-8(14-15-9)10-3-2-4-19-10/h2-5,7H,6H2,1H3,(H,13,16)(H,14,15)(H,17,18). The fourth-order valence-electron chi connectivity index (χ4n) is 1.42. The van der Waals surface area contributed by atoms with Gasteiger partial charge in [0, 0.05) is 6.54 Å². The van der Waals surface area contributed by atoms with Crippen molar-refractivity contribution in [3.63, 3.8) is 0 Å². The van der Waals surface area contributed by atoms with Crippen LogP contribution in [0.2, 0.25) is 0 Å². The summed E-state index contributed by atoms with van der Waals surface area (Å²) in [5.74, 6) is -1.95. The molecule has 1 atom stereocenters. The molecule has 3 N–H and O–H groups in total. The molecule has 19 heavy (non-hydrogen) atoms. The van der Waals surface area contributed by atoms with Crippen molar-refractivity contribution in [2.75, 3.05) is 6.54 Å². The summed E-state index contributed by atoms with van der Waals surface area (Å²) in [6, 6.07) is 5.48. The Kier molecular flexibility index (Phi) is 3.96. The van der Waals surface area contributed by atoms with Crippen molar-refractivity contribution in [1.29, 1.82) is 0 Å². The number of H-pyrrole nitrogens is 1. The number of carboxylic acid groups (broad SMARTS) is 1. The van der Waals surface area contributed by atoms with Crippen molar-refractivity contribution in [1.82, 2.24) is 15.5 Å². The summed E-state index contributed by atoms with van der Waals surface area (Å²) in [7, 11) is 0. The number of nitrogens with zero attached hydrogens (tertiary/aromatic N) is 1. The summed E-state index contributed by atoms with van der Waals surface area (Å²) in [4.78, 5) is 23.4. The van der Waals surface area contributed by atoms with Gasteiger partial charge in [-0.2, -0.15) is 5.10 Å². The van der Waals surface area contributed by atoms with Crippen LogP contribution in [0.3, 0.4) is 0 Å². The fraction of sp³-hybridized carbons (Fsp3) is 0.250. The lowest BCUT2D eigenvalue weighted by Crippen LogP contribution is -2.31. The van der Waals surface area contributed by atoms with Gasteiger partial charge in [-0.1, -0.05) is 13.0 Å². The van der Waals surface area contributed by atoms with Gasteiger partial charge in [-0.25, -0.2) is 0 Å². The number of carbonyl (C=O) groups is 2. The number of aliphatic carboxylic acids is 1. The first-order valence-corrected chi connectivity index (χ1v) is 6.56. The Bertz CT molecular complexity index is 577. The second-order valence-electron chi connectivity index (χ2n) is 4.09. The predicted octanol–water partition coefficient (Wildman–Crippen LogP) is 1.59. The van der Waals surface area contributed by atoms with Gasteiger partial charge >= 0.3 is 5.97 Å². The van der Waals surface area contributed by atoms with E-state index in [1.54, 1.807) is 17.4 Å². The molecule has 0 aliphatic carbocycles. The molecule has 1 unspecified atom stereocenters. The first-order chi connectivity index (χ1) is 9.08. The molecular weight excluding hydrogens is 266 g/mol. The number of amides is 1. The topological polar surface area (TPSA) is 95.1 Å². The minimum atomic E-state index is -0.943. The van der Waals surface area contributed by atoms with E-state index in [0.717, 1.165) is 10.6 Å². The monoisotopic (exact) mass is 279 g/mol. The molecule has 2 aromatic heterocycles. The molecule has 1 amide bonds. The minimum absolute atomic E-state index is 0.0787. The number of carboxylic acids is 1. The number of nitrogens with one attached hydrogen (secondary N) is 2. The van der Waals surface area contributed by atoms with E-state index in [-0.39, 0.29) is 18.1 Å². The largest absolute Gasteiger partial charge is 0.481 e. The Morgan fingerprint density at radius 1 is 1.58 bits per heavy atom. The highest BCUT2D eigenvalue weighted by atomic mass is 32.1. The molecular formula is C12H13N3O3S. The fourth-order valence-corrected chi connectivity index (χ4v) is 2.11. The zero-order chi connectivity index (χ0) is 13.8. The van der Waals surface area contributed by atoms with Crippen LogP contribution in [0.15, 0.2) is 23.6 Å². The Hall–Kier alpha value is -2.15. The first-order valence-electron chi connectivity index (χ1n) is 5.68. The quantitative estimate of drug-likeness (QED) is 0.774. The zero-order valence-electron chi connectivity index (χ0n) is 10.2. The van der Waals surface area contributed by atoms with E-state index in [1.165, 1.54) is 6.92 Å². The van der Waals surface area contributed by atoms with Crippen molar-refractivity contribution in [3.05, 3.63) is 29.3 Å². The minimum Gasteiger partial charge on any atom is -0.481 e.